The molecule has 0 aromatic carbocycles. The van der Waals surface area contributed by atoms with Crippen LogP contribution >= 0.6 is 0 Å². The van der Waals surface area contributed by atoms with Crippen LogP contribution in [0.1, 0.15) is 144 Å². The van der Waals surface area contributed by atoms with Gasteiger partial charge in [0.15, 0.2) is 0 Å². The molecule has 0 aliphatic heterocycles. The number of methoxy groups -OCH3 is 1. The first kappa shape index (κ1) is 42.0. The summed E-state index contributed by atoms with van der Waals surface area (Å²) in [7, 11) is 1.17. The Bertz CT molecular complexity index is 533. The monoisotopic (exact) mass is 562 g/mol. The van der Waals surface area contributed by atoms with Crippen LogP contribution in [0.4, 0.5) is 0 Å². The number of unbranched alkanes of at least 4 members (excludes halogenated alkanes) is 12. The van der Waals surface area contributed by atoms with Gasteiger partial charge in [-0.3, -0.25) is 4.79 Å². The molecule has 8 nitrogen and oxygen atoms in total. The molecule has 0 atom stereocenters. The van der Waals surface area contributed by atoms with E-state index in [9.17, 15) is 14.4 Å². The number of carbonyl (C=O) groups is 3. The number of rotatable bonds is 23. The molecule has 0 fully saturated rings. The molecule has 0 saturated carbocycles. The van der Waals surface area contributed by atoms with Crippen molar-refractivity contribution in [1.82, 2.24) is 0 Å². The van der Waals surface area contributed by atoms with Gasteiger partial charge in [0.2, 0.25) is 5.78 Å². The maximum absolute atomic E-state index is 12.5. The van der Waals surface area contributed by atoms with Gasteiger partial charge in [-0.25, -0.2) is 9.59 Å². The molecular weight excluding hydrogens is 500 g/mol. The van der Waals surface area contributed by atoms with E-state index in [-0.39, 0.29) is 5.97 Å². The van der Waals surface area contributed by atoms with Crippen LogP contribution in [0.3, 0.4) is 0 Å². The lowest BCUT2D eigenvalue weighted by molar-refractivity contribution is -0.241. The summed E-state index contributed by atoms with van der Waals surface area (Å²) in [5.74, 6) is -3.00. The Balaban J connectivity index is -0.000000752. The fourth-order valence-corrected chi connectivity index (χ4v) is 3.26. The fraction of sp³-hybridized carbons (Fsp3) is 0.903. The summed E-state index contributed by atoms with van der Waals surface area (Å²) in [4.78, 5) is 32.3. The third-order valence-electron chi connectivity index (χ3n) is 5.84. The maximum Gasteiger partial charge on any atom is 0.374 e. The maximum atomic E-state index is 12.5. The minimum atomic E-state index is -1.26. The highest BCUT2D eigenvalue weighted by Gasteiger charge is 2.37. The van der Waals surface area contributed by atoms with Gasteiger partial charge in [0, 0.05) is 20.5 Å². The number of esters is 2. The number of aliphatic hydroxyl groups excluding tert-OH is 1. The van der Waals surface area contributed by atoms with Crippen LogP contribution < -0.4 is 0 Å². The summed E-state index contributed by atoms with van der Waals surface area (Å²) in [6.45, 7) is 13.5. The molecule has 0 radical (unpaired) electrons. The molecule has 0 saturated heterocycles. The van der Waals surface area contributed by atoms with Gasteiger partial charge in [0.1, 0.15) is 0 Å². The number of Topliss-reactive ketones (excluding diaryl/α,β-unsaturated/α-hetero) is 1. The second-order valence-corrected chi connectivity index (χ2v) is 9.79. The highest BCUT2D eigenvalue weighted by Crippen LogP contribution is 2.18. The molecule has 39 heavy (non-hydrogen) atoms. The summed E-state index contributed by atoms with van der Waals surface area (Å²) in [5, 5.41) is 8.29. The van der Waals surface area contributed by atoms with Gasteiger partial charge in [-0.2, -0.15) is 0 Å². The Morgan fingerprint density at radius 1 is 0.615 bits per heavy atom. The molecular formula is C31H62O8. The lowest BCUT2D eigenvalue weighted by Crippen LogP contribution is -2.43. The zero-order valence-corrected chi connectivity index (χ0v) is 26.4. The van der Waals surface area contributed by atoms with E-state index < -0.39 is 17.5 Å². The van der Waals surface area contributed by atoms with Crippen molar-refractivity contribution in [3.8, 4) is 0 Å². The van der Waals surface area contributed by atoms with E-state index in [4.69, 9.17) is 19.3 Å². The molecule has 1 N–H and O–H groups in total. The van der Waals surface area contributed by atoms with Crippen molar-refractivity contribution in [1.29, 1.82) is 0 Å². The predicted octanol–water partition coefficient (Wildman–Crippen LogP) is 7.33. The van der Waals surface area contributed by atoms with Gasteiger partial charge in [-0.15, -0.1) is 0 Å². The smallest absolute Gasteiger partial charge is 0.374 e. The first-order chi connectivity index (χ1) is 18.7. The zero-order chi connectivity index (χ0) is 30.2. The second kappa shape index (κ2) is 32.7. The standard InChI is InChI=1S/C21H42O4.C6H14O.C4H6O3/c1-5-8-11-14-17-23-20(22)21(4,24-18-15-12-9-6-2)25-19-16-13-10-7-3;1-2-3-4-5-6-7;1-3(5)4(6)7-2/h5-19H2,1-4H3;7H,2-6H2,1H3;1-2H3. The van der Waals surface area contributed by atoms with E-state index in [1.54, 1.807) is 6.92 Å². The summed E-state index contributed by atoms with van der Waals surface area (Å²) in [5.41, 5.74) is 0. The number of hydrogen-bond donors (Lipinski definition) is 1. The van der Waals surface area contributed by atoms with Crippen LogP contribution in [0, 0.1) is 0 Å². The number of ketones is 1. The van der Waals surface area contributed by atoms with Crippen LogP contribution in [-0.2, 0) is 33.3 Å². The number of ether oxygens (including phenoxy) is 4. The molecule has 0 spiro atoms. The Kier molecular flexibility index (Phi) is 35.2. The van der Waals surface area contributed by atoms with Gasteiger partial charge < -0.3 is 24.1 Å². The van der Waals surface area contributed by atoms with Crippen LogP contribution in [0.15, 0.2) is 0 Å². The van der Waals surface area contributed by atoms with E-state index in [1.165, 1.54) is 64.9 Å². The largest absolute Gasteiger partial charge is 0.463 e. The Morgan fingerprint density at radius 2 is 1.00 bits per heavy atom. The van der Waals surface area contributed by atoms with E-state index in [0.717, 1.165) is 51.9 Å². The van der Waals surface area contributed by atoms with Crippen LogP contribution in [0.25, 0.3) is 0 Å². The first-order valence-electron chi connectivity index (χ1n) is 15.3. The molecule has 0 heterocycles. The number of carbonyl (C=O) groups excluding carboxylic acids is 3. The van der Waals surface area contributed by atoms with Gasteiger partial charge in [0.25, 0.3) is 5.79 Å². The fourth-order valence-electron chi connectivity index (χ4n) is 3.26. The summed E-state index contributed by atoms with van der Waals surface area (Å²) in [6.07, 6.45) is 17.9. The van der Waals surface area contributed by atoms with Gasteiger partial charge in [-0.05, 0) is 25.7 Å². The predicted molar refractivity (Wildman–Crippen MR) is 158 cm³/mol. The zero-order valence-electron chi connectivity index (χ0n) is 26.4. The quantitative estimate of drug-likeness (QED) is 0.0597. The molecule has 0 aliphatic carbocycles. The van der Waals surface area contributed by atoms with Crippen molar-refractivity contribution < 1.29 is 38.4 Å². The Morgan fingerprint density at radius 3 is 1.31 bits per heavy atom. The van der Waals surface area contributed by atoms with Crippen molar-refractivity contribution in [2.45, 2.75) is 150 Å². The Hall–Kier alpha value is -1.51. The second-order valence-electron chi connectivity index (χ2n) is 9.79. The highest BCUT2D eigenvalue weighted by atomic mass is 16.7. The molecule has 234 valence electrons. The van der Waals surface area contributed by atoms with Crippen LogP contribution in [0.5, 0.6) is 0 Å². The molecule has 0 aromatic heterocycles. The van der Waals surface area contributed by atoms with Gasteiger partial charge in [-0.1, -0.05) is 105 Å². The lowest BCUT2D eigenvalue weighted by Gasteiger charge is -2.28. The third-order valence-corrected chi connectivity index (χ3v) is 5.84. The van der Waals surface area contributed by atoms with Crippen LogP contribution in [-0.4, -0.2) is 62.2 Å². The average Bonchev–Trinajstić information content (AvgIpc) is 2.93. The minimum absolute atomic E-state index is 0.361. The molecule has 8 heteroatoms. The third kappa shape index (κ3) is 30.9. The van der Waals surface area contributed by atoms with Crippen molar-refractivity contribution in [3.05, 3.63) is 0 Å². The SMILES string of the molecule is CCCCCCO.CCCCCCOC(=O)C(C)(OCCCCCC)OCCCCCC.COC(=O)C(C)=O. The molecule has 0 rings (SSSR count). The van der Waals surface area contributed by atoms with E-state index in [2.05, 4.69) is 32.4 Å². The van der Waals surface area contributed by atoms with E-state index in [0.29, 0.717) is 26.4 Å². The molecule has 0 aliphatic rings. The van der Waals surface area contributed by atoms with E-state index in [1.807, 2.05) is 0 Å². The molecule has 0 unspecified atom stereocenters. The normalized spacial score (nSPS) is 10.6. The molecule has 0 bridgehead atoms. The summed E-state index contributed by atoms with van der Waals surface area (Å²) in [6, 6.07) is 0. The van der Waals surface area contributed by atoms with Crippen molar-refractivity contribution >= 4 is 17.7 Å². The lowest BCUT2D eigenvalue weighted by atomic mass is 10.2. The minimum Gasteiger partial charge on any atom is -0.463 e. The van der Waals surface area contributed by atoms with Crippen molar-refractivity contribution in [2.75, 3.05) is 33.5 Å². The van der Waals surface area contributed by atoms with Crippen molar-refractivity contribution in [3.63, 3.8) is 0 Å². The van der Waals surface area contributed by atoms with Crippen LogP contribution in [0.2, 0.25) is 0 Å². The number of aliphatic hydroxyl groups is 1. The first-order valence-corrected chi connectivity index (χ1v) is 15.3. The topological polar surface area (TPSA) is 108 Å². The molecule has 0 amide bonds. The van der Waals surface area contributed by atoms with Crippen molar-refractivity contribution in [2.24, 2.45) is 0 Å². The number of hydrogen-bond acceptors (Lipinski definition) is 8. The van der Waals surface area contributed by atoms with Gasteiger partial charge in [0.05, 0.1) is 26.9 Å². The van der Waals surface area contributed by atoms with E-state index >= 15 is 0 Å². The Labute approximate surface area is 239 Å². The summed E-state index contributed by atoms with van der Waals surface area (Å²) < 4.78 is 21.1. The molecule has 0 aromatic rings. The average molecular weight is 563 g/mol. The summed E-state index contributed by atoms with van der Waals surface area (Å²) >= 11 is 0. The highest BCUT2D eigenvalue weighted by molar-refractivity contribution is 6.32. The van der Waals surface area contributed by atoms with Gasteiger partial charge >= 0.3 is 11.9 Å².